The van der Waals surface area contributed by atoms with E-state index in [-0.39, 0.29) is 5.91 Å². The maximum atomic E-state index is 12.6. The number of ether oxygens (including phenoxy) is 1. The highest BCUT2D eigenvalue weighted by molar-refractivity contribution is 6.02. The Morgan fingerprint density at radius 2 is 2.03 bits per heavy atom. The summed E-state index contributed by atoms with van der Waals surface area (Å²) in [4.78, 5) is 21.5. The summed E-state index contributed by atoms with van der Waals surface area (Å²) in [6.07, 6.45) is 6.80. The number of carbonyl (C=O) groups is 1. The molecule has 4 rings (SSSR count). The van der Waals surface area contributed by atoms with Gasteiger partial charge in [0.05, 0.1) is 12.3 Å². The molecule has 0 unspecified atom stereocenters. The second kappa shape index (κ2) is 8.12. The van der Waals surface area contributed by atoms with Gasteiger partial charge in [-0.3, -0.25) is 14.6 Å². The number of aryl methyl sites for hydroxylation is 2. The van der Waals surface area contributed by atoms with Crippen LogP contribution in [0.5, 0.6) is 0 Å². The molecule has 0 bridgehead atoms. The van der Waals surface area contributed by atoms with Crippen LogP contribution in [0.25, 0.3) is 0 Å². The van der Waals surface area contributed by atoms with Crippen LogP contribution in [0.1, 0.15) is 64.4 Å². The summed E-state index contributed by atoms with van der Waals surface area (Å²) in [7, 11) is 3.33. The first-order valence-corrected chi connectivity index (χ1v) is 9.70. The molecular formula is C20H25N7O2. The summed E-state index contributed by atoms with van der Waals surface area (Å²) < 4.78 is 6.61. The topological polar surface area (TPSA) is 111 Å². The SMILES string of the molecule is COCc1cc(C(=O)Nc2cc([C@H]3CC[C@H](c4ncc(C)cn4)C3)[nH]n2)n(C)n1. The van der Waals surface area contributed by atoms with Crippen LogP contribution >= 0.6 is 0 Å². The van der Waals surface area contributed by atoms with Gasteiger partial charge >= 0.3 is 0 Å². The first kappa shape index (κ1) is 19.3. The zero-order chi connectivity index (χ0) is 20.4. The molecule has 9 heteroatoms. The number of anilines is 1. The molecule has 1 aliphatic carbocycles. The predicted octanol–water partition coefficient (Wildman–Crippen LogP) is 2.69. The van der Waals surface area contributed by atoms with E-state index in [9.17, 15) is 4.79 Å². The van der Waals surface area contributed by atoms with Gasteiger partial charge in [0.15, 0.2) is 5.82 Å². The zero-order valence-electron chi connectivity index (χ0n) is 16.8. The number of hydrogen-bond donors (Lipinski definition) is 2. The van der Waals surface area contributed by atoms with Crippen LogP contribution in [0.4, 0.5) is 5.82 Å². The van der Waals surface area contributed by atoms with Gasteiger partial charge in [0.2, 0.25) is 0 Å². The molecule has 3 aromatic rings. The number of H-pyrrole nitrogens is 1. The second-order valence-corrected chi connectivity index (χ2v) is 7.57. The van der Waals surface area contributed by atoms with Gasteiger partial charge in [-0.25, -0.2) is 9.97 Å². The maximum absolute atomic E-state index is 12.6. The fourth-order valence-electron chi connectivity index (χ4n) is 3.86. The second-order valence-electron chi connectivity index (χ2n) is 7.57. The number of aromatic nitrogens is 6. The van der Waals surface area contributed by atoms with Gasteiger partial charge in [-0.05, 0) is 37.8 Å². The molecule has 0 saturated heterocycles. The smallest absolute Gasteiger partial charge is 0.275 e. The van der Waals surface area contributed by atoms with Crippen LogP contribution in [0.3, 0.4) is 0 Å². The number of carbonyl (C=O) groups excluding carboxylic acids is 1. The Morgan fingerprint density at radius 3 is 2.79 bits per heavy atom. The Hall–Kier alpha value is -3.07. The lowest BCUT2D eigenvalue weighted by Crippen LogP contribution is -2.16. The predicted molar refractivity (Wildman–Crippen MR) is 107 cm³/mol. The Balaban J connectivity index is 1.40. The number of nitrogens with one attached hydrogen (secondary N) is 2. The highest BCUT2D eigenvalue weighted by Crippen LogP contribution is 2.42. The summed E-state index contributed by atoms with van der Waals surface area (Å²) in [5.74, 6) is 1.88. The van der Waals surface area contributed by atoms with Crippen molar-refractivity contribution in [2.75, 3.05) is 12.4 Å². The molecule has 1 aliphatic rings. The van der Waals surface area contributed by atoms with Crippen molar-refractivity contribution in [1.29, 1.82) is 0 Å². The number of nitrogens with zero attached hydrogens (tertiary/aromatic N) is 5. The van der Waals surface area contributed by atoms with Gasteiger partial charge in [0, 0.05) is 50.1 Å². The highest BCUT2D eigenvalue weighted by Gasteiger charge is 2.30. The van der Waals surface area contributed by atoms with Crippen LogP contribution < -0.4 is 5.32 Å². The van der Waals surface area contributed by atoms with Gasteiger partial charge < -0.3 is 10.1 Å². The molecule has 1 fully saturated rings. The fraction of sp³-hybridized carbons (Fsp3) is 0.450. The van der Waals surface area contributed by atoms with E-state index < -0.39 is 0 Å². The Labute approximate surface area is 168 Å². The first-order chi connectivity index (χ1) is 14.0. The normalized spacial score (nSPS) is 18.9. The van der Waals surface area contributed by atoms with Gasteiger partial charge in [-0.1, -0.05) is 0 Å². The Kier molecular flexibility index (Phi) is 5.39. The molecule has 0 radical (unpaired) electrons. The molecule has 1 saturated carbocycles. The molecule has 1 amide bonds. The average Bonchev–Trinajstić information content (AvgIpc) is 3.42. The molecule has 2 N–H and O–H groups in total. The van der Waals surface area contributed by atoms with Gasteiger partial charge in [-0.2, -0.15) is 10.2 Å². The molecule has 2 atom stereocenters. The first-order valence-electron chi connectivity index (χ1n) is 9.70. The summed E-state index contributed by atoms with van der Waals surface area (Å²) in [5.41, 5.74) is 3.26. The maximum Gasteiger partial charge on any atom is 0.275 e. The van der Waals surface area contributed by atoms with Crippen LogP contribution in [0.2, 0.25) is 0 Å². The minimum absolute atomic E-state index is 0.252. The zero-order valence-corrected chi connectivity index (χ0v) is 16.8. The lowest BCUT2D eigenvalue weighted by atomic mass is 10.0. The van der Waals surface area contributed by atoms with Gasteiger partial charge in [-0.15, -0.1) is 0 Å². The van der Waals surface area contributed by atoms with Crippen molar-refractivity contribution in [2.24, 2.45) is 7.05 Å². The fourth-order valence-corrected chi connectivity index (χ4v) is 3.86. The number of methoxy groups -OCH3 is 1. The van der Waals surface area contributed by atoms with Crippen molar-refractivity contribution in [3.8, 4) is 0 Å². The van der Waals surface area contributed by atoms with Crippen molar-refractivity contribution in [2.45, 2.75) is 44.6 Å². The largest absolute Gasteiger partial charge is 0.378 e. The Bertz CT molecular complexity index is 993. The summed E-state index contributed by atoms with van der Waals surface area (Å²) in [6, 6.07) is 3.63. The third kappa shape index (κ3) is 4.19. The monoisotopic (exact) mass is 395 g/mol. The van der Waals surface area contributed by atoms with Crippen molar-refractivity contribution in [3.63, 3.8) is 0 Å². The van der Waals surface area contributed by atoms with Gasteiger partial charge in [0.1, 0.15) is 11.5 Å². The average molecular weight is 395 g/mol. The molecule has 3 aromatic heterocycles. The molecular weight excluding hydrogens is 370 g/mol. The van der Waals surface area contributed by atoms with E-state index in [1.54, 1.807) is 24.9 Å². The van der Waals surface area contributed by atoms with Crippen LogP contribution in [0, 0.1) is 6.92 Å². The quantitative estimate of drug-likeness (QED) is 0.664. The van der Waals surface area contributed by atoms with Crippen LogP contribution in [-0.4, -0.2) is 43.0 Å². The standard InChI is InChI=1S/C20H25N7O2/c1-12-9-21-19(22-10-12)14-5-4-13(6-14)16-8-18(25-24-16)23-20(28)17-7-15(11-29-3)26-27(17)2/h7-10,13-14H,4-6,11H2,1-3H3,(H2,23,24,25,28)/t13-,14-/m0/s1. The summed E-state index contributed by atoms with van der Waals surface area (Å²) in [6.45, 7) is 2.35. The van der Waals surface area contributed by atoms with Crippen molar-refractivity contribution < 1.29 is 9.53 Å². The molecule has 0 aliphatic heterocycles. The summed E-state index contributed by atoms with van der Waals surface area (Å²) in [5, 5.41) is 14.4. The van der Waals surface area contributed by atoms with E-state index in [4.69, 9.17) is 4.74 Å². The van der Waals surface area contributed by atoms with E-state index >= 15 is 0 Å². The number of rotatable bonds is 6. The number of aromatic amines is 1. The molecule has 3 heterocycles. The molecule has 29 heavy (non-hydrogen) atoms. The molecule has 152 valence electrons. The third-order valence-corrected chi connectivity index (χ3v) is 5.33. The van der Waals surface area contributed by atoms with E-state index in [1.807, 2.05) is 25.4 Å². The van der Waals surface area contributed by atoms with E-state index in [1.165, 1.54) is 0 Å². The molecule has 9 nitrogen and oxygen atoms in total. The van der Waals surface area contributed by atoms with Crippen molar-refractivity contribution in [1.82, 2.24) is 29.9 Å². The summed E-state index contributed by atoms with van der Waals surface area (Å²) >= 11 is 0. The number of amides is 1. The van der Waals surface area contributed by atoms with Crippen molar-refractivity contribution in [3.05, 3.63) is 53.0 Å². The Morgan fingerprint density at radius 1 is 1.28 bits per heavy atom. The molecule has 0 aromatic carbocycles. The van der Waals surface area contributed by atoms with Crippen LogP contribution in [0.15, 0.2) is 24.5 Å². The number of hydrogen-bond acceptors (Lipinski definition) is 6. The third-order valence-electron chi connectivity index (χ3n) is 5.33. The lowest BCUT2D eigenvalue weighted by Gasteiger charge is -2.09. The van der Waals surface area contributed by atoms with Gasteiger partial charge in [0.25, 0.3) is 5.91 Å². The lowest BCUT2D eigenvalue weighted by molar-refractivity contribution is 0.101. The minimum atomic E-state index is -0.252. The minimum Gasteiger partial charge on any atom is -0.378 e. The highest BCUT2D eigenvalue weighted by atomic mass is 16.5. The van der Waals surface area contributed by atoms with Crippen LogP contribution in [-0.2, 0) is 18.4 Å². The van der Waals surface area contributed by atoms with Crippen molar-refractivity contribution >= 4 is 11.7 Å². The van der Waals surface area contributed by atoms with E-state index in [2.05, 4.69) is 30.6 Å². The van der Waals surface area contributed by atoms with E-state index in [0.29, 0.717) is 35.6 Å². The van der Waals surface area contributed by atoms with E-state index in [0.717, 1.165) is 36.3 Å². The molecule has 0 spiro atoms.